The van der Waals surface area contributed by atoms with Crippen LogP contribution in [0.1, 0.15) is 24.4 Å². The highest BCUT2D eigenvalue weighted by Gasteiger charge is 2.23. The normalized spacial score (nSPS) is 20.1. The molecule has 0 amide bonds. The topological polar surface area (TPSA) is 48.1 Å². The van der Waals surface area contributed by atoms with Gasteiger partial charge in [0.1, 0.15) is 0 Å². The summed E-state index contributed by atoms with van der Waals surface area (Å²) in [5, 5.41) is 0.663. The first-order chi connectivity index (χ1) is 7.29. The number of pyridine rings is 1. The van der Waals surface area contributed by atoms with Crippen molar-refractivity contribution in [3.8, 4) is 0 Å². The molecule has 1 aromatic rings. The molecule has 0 radical (unpaired) electrons. The van der Waals surface area contributed by atoms with E-state index in [0.29, 0.717) is 10.9 Å². The molecule has 0 aliphatic carbocycles. The third kappa shape index (κ3) is 2.48. The SMILES string of the molecule is N[C@@H](c1ccncc1Cl)C1CCOCC1. The first kappa shape index (κ1) is 10.9. The largest absolute Gasteiger partial charge is 0.381 e. The molecular formula is C11H15ClN2O. The molecule has 1 atom stereocenters. The first-order valence-electron chi connectivity index (χ1n) is 5.22. The Morgan fingerprint density at radius 3 is 2.87 bits per heavy atom. The lowest BCUT2D eigenvalue weighted by Crippen LogP contribution is -2.27. The molecule has 2 heterocycles. The van der Waals surface area contributed by atoms with Gasteiger partial charge in [0.25, 0.3) is 0 Å². The number of nitrogens with zero attached hydrogens (tertiary/aromatic N) is 1. The Hall–Kier alpha value is -0.640. The van der Waals surface area contributed by atoms with Crippen LogP contribution in [0.3, 0.4) is 0 Å². The molecule has 1 aromatic heterocycles. The van der Waals surface area contributed by atoms with Crippen molar-refractivity contribution in [1.29, 1.82) is 0 Å². The van der Waals surface area contributed by atoms with Crippen molar-refractivity contribution in [3.05, 3.63) is 29.0 Å². The Morgan fingerprint density at radius 1 is 1.47 bits per heavy atom. The molecule has 15 heavy (non-hydrogen) atoms. The maximum Gasteiger partial charge on any atom is 0.0637 e. The van der Waals surface area contributed by atoms with Gasteiger partial charge in [-0.1, -0.05) is 11.6 Å². The Kier molecular flexibility index (Phi) is 3.57. The van der Waals surface area contributed by atoms with Gasteiger partial charge in [-0.05, 0) is 30.4 Å². The summed E-state index contributed by atoms with van der Waals surface area (Å²) in [6.07, 6.45) is 5.41. The summed E-state index contributed by atoms with van der Waals surface area (Å²) in [6, 6.07) is 1.91. The number of hydrogen-bond donors (Lipinski definition) is 1. The van der Waals surface area contributed by atoms with Crippen molar-refractivity contribution in [1.82, 2.24) is 4.98 Å². The highest BCUT2D eigenvalue weighted by atomic mass is 35.5. The van der Waals surface area contributed by atoms with Crippen LogP contribution in [-0.4, -0.2) is 18.2 Å². The molecule has 1 fully saturated rings. The van der Waals surface area contributed by atoms with Crippen LogP contribution in [0.15, 0.2) is 18.5 Å². The minimum atomic E-state index is 0.00407. The molecule has 3 nitrogen and oxygen atoms in total. The summed E-state index contributed by atoms with van der Waals surface area (Å²) in [6.45, 7) is 1.61. The van der Waals surface area contributed by atoms with Crippen LogP contribution in [0.5, 0.6) is 0 Å². The van der Waals surface area contributed by atoms with E-state index in [-0.39, 0.29) is 6.04 Å². The van der Waals surface area contributed by atoms with Crippen molar-refractivity contribution in [2.45, 2.75) is 18.9 Å². The number of nitrogens with two attached hydrogens (primary N) is 1. The van der Waals surface area contributed by atoms with Gasteiger partial charge in [0.2, 0.25) is 0 Å². The number of hydrogen-bond acceptors (Lipinski definition) is 3. The van der Waals surface area contributed by atoms with Crippen LogP contribution < -0.4 is 5.73 Å². The number of aromatic nitrogens is 1. The first-order valence-corrected chi connectivity index (χ1v) is 5.59. The van der Waals surface area contributed by atoms with E-state index in [1.165, 1.54) is 0 Å². The average molecular weight is 227 g/mol. The molecule has 82 valence electrons. The Balaban J connectivity index is 2.12. The van der Waals surface area contributed by atoms with Gasteiger partial charge in [-0.25, -0.2) is 0 Å². The molecule has 1 aliphatic rings. The van der Waals surface area contributed by atoms with Crippen LogP contribution in [0.4, 0.5) is 0 Å². The smallest absolute Gasteiger partial charge is 0.0637 e. The molecule has 4 heteroatoms. The minimum absolute atomic E-state index is 0.00407. The van der Waals surface area contributed by atoms with E-state index < -0.39 is 0 Å². The van der Waals surface area contributed by atoms with Crippen molar-refractivity contribution in [2.75, 3.05) is 13.2 Å². The Labute approximate surface area is 94.6 Å². The van der Waals surface area contributed by atoms with Crippen LogP contribution in [0, 0.1) is 5.92 Å². The second-order valence-corrected chi connectivity index (χ2v) is 4.28. The fourth-order valence-electron chi connectivity index (χ4n) is 1.99. The van der Waals surface area contributed by atoms with Crippen LogP contribution in [-0.2, 0) is 4.74 Å². The van der Waals surface area contributed by atoms with Crippen molar-refractivity contribution in [3.63, 3.8) is 0 Å². The maximum atomic E-state index is 6.20. The van der Waals surface area contributed by atoms with Gasteiger partial charge in [-0.3, -0.25) is 4.98 Å². The Bertz CT molecular complexity index is 326. The van der Waals surface area contributed by atoms with Crippen molar-refractivity contribution < 1.29 is 4.74 Å². The van der Waals surface area contributed by atoms with Gasteiger partial charge in [-0.15, -0.1) is 0 Å². The molecule has 2 N–H and O–H groups in total. The zero-order chi connectivity index (χ0) is 10.7. The molecule has 0 spiro atoms. The lowest BCUT2D eigenvalue weighted by atomic mass is 9.88. The van der Waals surface area contributed by atoms with Crippen molar-refractivity contribution >= 4 is 11.6 Å². The van der Waals surface area contributed by atoms with Gasteiger partial charge in [0.15, 0.2) is 0 Å². The fraction of sp³-hybridized carbons (Fsp3) is 0.545. The summed E-state index contributed by atoms with van der Waals surface area (Å²) in [7, 11) is 0. The molecule has 0 unspecified atom stereocenters. The summed E-state index contributed by atoms with van der Waals surface area (Å²) in [5.74, 6) is 0.471. The van der Waals surface area contributed by atoms with Crippen LogP contribution >= 0.6 is 11.6 Å². The number of halogens is 1. The average Bonchev–Trinajstić information content (AvgIpc) is 2.30. The maximum absolute atomic E-state index is 6.20. The van der Waals surface area contributed by atoms with E-state index in [1.54, 1.807) is 12.4 Å². The molecule has 0 aromatic carbocycles. The van der Waals surface area contributed by atoms with Gasteiger partial charge in [-0.2, -0.15) is 0 Å². The van der Waals surface area contributed by atoms with Crippen LogP contribution in [0.25, 0.3) is 0 Å². The van der Waals surface area contributed by atoms with E-state index in [9.17, 15) is 0 Å². The predicted octanol–water partition coefficient (Wildman–Crippen LogP) is 2.16. The third-order valence-electron chi connectivity index (χ3n) is 2.94. The zero-order valence-electron chi connectivity index (χ0n) is 8.53. The summed E-state index contributed by atoms with van der Waals surface area (Å²) in [5.41, 5.74) is 7.20. The lowest BCUT2D eigenvalue weighted by Gasteiger charge is -2.28. The molecule has 1 aliphatic heterocycles. The molecular weight excluding hydrogens is 212 g/mol. The summed E-state index contributed by atoms with van der Waals surface area (Å²) >= 11 is 6.06. The monoisotopic (exact) mass is 226 g/mol. The summed E-state index contributed by atoms with van der Waals surface area (Å²) in [4.78, 5) is 3.96. The lowest BCUT2D eigenvalue weighted by molar-refractivity contribution is 0.0584. The van der Waals surface area contributed by atoms with Crippen molar-refractivity contribution in [2.24, 2.45) is 11.7 Å². The molecule has 2 rings (SSSR count). The molecule has 0 saturated carbocycles. The van der Waals surface area contributed by atoms with E-state index >= 15 is 0 Å². The van der Waals surface area contributed by atoms with Gasteiger partial charge in [0, 0.05) is 31.6 Å². The second kappa shape index (κ2) is 4.92. The number of ether oxygens (including phenoxy) is 1. The number of rotatable bonds is 2. The zero-order valence-corrected chi connectivity index (χ0v) is 9.28. The van der Waals surface area contributed by atoms with E-state index in [4.69, 9.17) is 22.1 Å². The van der Waals surface area contributed by atoms with E-state index in [1.807, 2.05) is 6.07 Å². The Morgan fingerprint density at radius 2 is 2.20 bits per heavy atom. The molecule has 1 saturated heterocycles. The third-order valence-corrected chi connectivity index (χ3v) is 3.25. The highest BCUT2D eigenvalue weighted by Crippen LogP contribution is 2.31. The standard InChI is InChI=1S/C11H15ClN2O/c12-10-7-14-4-1-9(10)11(13)8-2-5-15-6-3-8/h1,4,7-8,11H,2-3,5-6,13H2/t11-/m1/s1. The second-order valence-electron chi connectivity index (χ2n) is 3.87. The predicted molar refractivity (Wildman–Crippen MR) is 59.7 cm³/mol. The van der Waals surface area contributed by atoms with Gasteiger partial charge in [0.05, 0.1) is 5.02 Å². The minimum Gasteiger partial charge on any atom is -0.381 e. The van der Waals surface area contributed by atoms with Gasteiger partial charge >= 0.3 is 0 Å². The highest BCUT2D eigenvalue weighted by molar-refractivity contribution is 6.31. The van der Waals surface area contributed by atoms with Crippen LogP contribution in [0.2, 0.25) is 5.02 Å². The van der Waals surface area contributed by atoms with E-state index in [2.05, 4.69) is 4.98 Å². The quantitative estimate of drug-likeness (QED) is 0.841. The molecule has 0 bridgehead atoms. The fourth-order valence-corrected chi connectivity index (χ4v) is 2.23. The van der Waals surface area contributed by atoms with E-state index in [0.717, 1.165) is 31.6 Å². The summed E-state index contributed by atoms with van der Waals surface area (Å²) < 4.78 is 5.32. The van der Waals surface area contributed by atoms with Gasteiger partial charge < -0.3 is 10.5 Å².